The van der Waals surface area contributed by atoms with Crippen molar-refractivity contribution >= 4 is 26.6 Å². The Labute approximate surface area is 224 Å². The minimum atomic E-state index is -3.60. The van der Waals surface area contributed by atoms with Crippen LogP contribution in [-0.4, -0.2) is 55.3 Å². The van der Waals surface area contributed by atoms with E-state index in [0.29, 0.717) is 35.7 Å². The van der Waals surface area contributed by atoms with Crippen LogP contribution >= 0.6 is 0 Å². The predicted molar refractivity (Wildman–Crippen MR) is 151 cm³/mol. The smallest absolute Gasteiger partial charge is 0.253 e. The van der Waals surface area contributed by atoms with Crippen molar-refractivity contribution in [2.45, 2.75) is 37.0 Å². The average molecular weight is 528 g/mol. The Bertz CT molecular complexity index is 1540. The normalized spacial score (nSPS) is 14.8. The second-order valence-corrected chi connectivity index (χ2v) is 12.2. The molecule has 38 heavy (non-hydrogen) atoms. The number of hydrogen-bond acceptors (Lipinski definition) is 5. The van der Waals surface area contributed by atoms with Crippen LogP contribution in [-0.2, 0) is 22.1 Å². The lowest BCUT2D eigenvalue weighted by Gasteiger charge is -2.35. The molecule has 0 N–H and O–H groups in total. The molecule has 1 aromatic heterocycles. The van der Waals surface area contributed by atoms with Crippen LogP contribution in [0.25, 0.3) is 10.9 Å². The van der Waals surface area contributed by atoms with Crippen molar-refractivity contribution in [1.82, 2.24) is 14.8 Å². The molecular formula is C31H33N3O3S. The molecule has 1 aliphatic heterocycles. The Morgan fingerprint density at radius 2 is 1.58 bits per heavy atom. The zero-order chi connectivity index (χ0) is 26.7. The molecule has 4 aromatic rings. The topological polar surface area (TPSA) is 70.6 Å². The third kappa shape index (κ3) is 5.64. The summed E-state index contributed by atoms with van der Waals surface area (Å²) >= 11 is 0. The van der Waals surface area contributed by atoms with E-state index in [0.717, 1.165) is 25.0 Å². The number of nitrogens with zero attached hydrogens (tertiary/aromatic N) is 3. The zero-order valence-corrected chi connectivity index (χ0v) is 22.7. The highest BCUT2D eigenvalue weighted by molar-refractivity contribution is 7.90. The molecule has 1 fully saturated rings. The Hall–Kier alpha value is -3.55. The van der Waals surface area contributed by atoms with E-state index < -0.39 is 9.84 Å². The zero-order valence-electron chi connectivity index (χ0n) is 21.9. The minimum absolute atomic E-state index is 0.0140. The van der Waals surface area contributed by atoms with Crippen LogP contribution in [0.4, 0.5) is 0 Å². The summed E-state index contributed by atoms with van der Waals surface area (Å²) < 4.78 is 26.4. The van der Waals surface area contributed by atoms with Gasteiger partial charge in [0, 0.05) is 49.9 Å². The monoisotopic (exact) mass is 527 g/mol. The first-order chi connectivity index (χ1) is 18.3. The number of rotatable bonds is 7. The summed E-state index contributed by atoms with van der Waals surface area (Å²) in [6.07, 6.45) is 1.60. The van der Waals surface area contributed by atoms with E-state index in [9.17, 15) is 13.2 Å². The Morgan fingerprint density at radius 1 is 0.868 bits per heavy atom. The molecule has 2 heterocycles. The number of hydrogen-bond donors (Lipinski definition) is 0. The fourth-order valence-electron chi connectivity index (χ4n) is 5.14. The summed E-state index contributed by atoms with van der Waals surface area (Å²) in [5.74, 6) is 0.323. The van der Waals surface area contributed by atoms with Gasteiger partial charge in [0.1, 0.15) is 0 Å². The number of para-hydroxylation sites is 1. The molecule has 0 spiro atoms. The molecule has 0 bridgehead atoms. The lowest BCUT2D eigenvalue weighted by atomic mass is 9.97. The summed E-state index contributed by atoms with van der Waals surface area (Å²) in [4.78, 5) is 22.0. The third-order valence-electron chi connectivity index (χ3n) is 7.22. The van der Waals surface area contributed by atoms with E-state index in [1.807, 2.05) is 17.0 Å². The first kappa shape index (κ1) is 26.1. The van der Waals surface area contributed by atoms with Crippen LogP contribution < -0.4 is 0 Å². The van der Waals surface area contributed by atoms with Crippen molar-refractivity contribution in [3.8, 4) is 0 Å². The molecule has 1 amide bonds. The quantitative estimate of drug-likeness (QED) is 0.327. The Kier molecular flexibility index (Phi) is 7.58. The maximum atomic E-state index is 13.2. The summed E-state index contributed by atoms with van der Waals surface area (Å²) in [7, 11) is -3.60. The average Bonchev–Trinajstić information content (AvgIpc) is 2.93. The Balaban J connectivity index is 1.21. The van der Waals surface area contributed by atoms with Gasteiger partial charge in [-0.05, 0) is 46.9 Å². The van der Waals surface area contributed by atoms with Gasteiger partial charge < -0.3 is 4.90 Å². The summed E-state index contributed by atoms with van der Waals surface area (Å²) in [5, 5.41) is 0.791. The maximum absolute atomic E-state index is 13.2. The number of piperazine rings is 1. The van der Waals surface area contributed by atoms with E-state index in [2.05, 4.69) is 48.0 Å². The van der Waals surface area contributed by atoms with E-state index >= 15 is 0 Å². The van der Waals surface area contributed by atoms with Gasteiger partial charge in [0.05, 0.1) is 16.2 Å². The standard InChI is InChI=1S/C31H33N3O3S/c1-23(2)28-10-4-3-7-27(28)21-33-17-19-34(20-18-33)31(35)26-14-12-24(13-15-26)22-38(36,37)29-11-5-8-25-9-6-16-32-30(25)29/h3-16,23H,17-22H2,1-2H3. The highest BCUT2D eigenvalue weighted by Crippen LogP contribution is 2.25. The fraction of sp³-hybridized carbons (Fsp3) is 0.290. The largest absolute Gasteiger partial charge is 0.336 e. The van der Waals surface area contributed by atoms with Gasteiger partial charge in [-0.3, -0.25) is 14.7 Å². The minimum Gasteiger partial charge on any atom is -0.336 e. The number of benzene rings is 3. The SMILES string of the molecule is CC(C)c1ccccc1CN1CCN(C(=O)c2ccc(CS(=O)(=O)c3cccc4cccnc34)cc2)CC1. The van der Waals surface area contributed by atoms with E-state index in [1.54, 1.807) is 48.7 Å². The molecule has 7 heteroatoms. The highest BCUT2D eigenvalue weighted by atomic mass is 32.2. The first-order valence-corrected chi connectivity index (χ1v) is 14.7. The highest BCUT2D eigenvalue weighted by Gasteiger charge is 2.24. The van der Waals surface area contributed by atoms with Crippen LogP contribution in [0.1, 0.15) is 46.8 Å². The molecule has 1 aliphatic rings. The van der Waals surface area contributed by atoms with Gasteiger partial charge in [0.25, 0.3) is 5.91 Å². The third-order valence-corrected chi connectivity index (χ3v) is 8.93. The molecule has 196 valence electrons. The van der Waals surface area contributed by atoms with Gasteiger partial charge in [0.15, 0.2) is 9.84 Å². The number of fused-ring (bicyclic) bond motifs is 1. The molecule has 0 atom stereocenters. The molecule has 0 radical (unpaired) electrons. The molecular weight excluding hydrogens is 494 g/mol. The summed E-state index contributed by atoms with van der Waals surface area (Å²) in [6, 6.07) is 24.4. The molecule has 6 nitrogen and oxygen atoms in total. The second-order valence-electron chi connectivity index (χ2n) is 10.2. The molecule has 0 saturated carbocycles. The van der Waals surface area contributed by atoms with Crippen LogP contribution in [0, 0.1) is 0 Å². The van der Waals surface area contributed by atoms with E-state index in [4.69, 9.17) is 0 Å². The number of carbonyl (C=O) groups is 1. The number of carbonyl (C=O) groups excluding carboxylic acids is 1. The molecule has 3 aromatic carbocycles. The molecule has 1 saturated heterocycles. The van der Waals surface area contributed by atoms with Crippen LogP contribution in [0.3, 0.4) is 0 Å². The molecule has 0 unspecified atom stereocenters. The van der Waals surface area contributed by atoms with Crippen LogP contribution in [0.5, 0.6) is 0 Å². The van der Waals surface area contributed by atoms with Crippen LogP contribution in [0.15, 0.2) is 90.0 Å². The summed E-state index contributed by atoms with van der Waals surface area (Å²) in [6.45, 7) is 8.33. The van der Waals surface area contributed by atoms with Gasteiger partial charge in [0.2, 0.25) is 0 Å². The molecule has 0 aliphatic carbocycles. The van der Waals surface area contributed by atoms with Gasteiger partial charge in [-0.15, -0.1) is 0 Å². The lowest BCUT2D eigenvalue weighted by Crippen LogP contribution is -2.48. The van der Waals surface area contributed by atoms with Crippen molar-refractivity contribution < 1.29 is 13.2 Å². The van der Waals surface area contributed by atoms with Gasteiger partial charge in [-0.25, -0.2) is 8.42 Å². The van der Waals surface area contributed by atoms with Crippen molar-refractivity contribution in [3.63, 3.8) is 0 Å². The fourth-order valence-corrected chi connectivity index (χ4v) is 6.68. The maximum Gasteiger partial charge on any atom is 0.253 e. The van der Waals surface area contributed by atoms with E-state index in [1.165, 1.54) is 11.1 Å². The first-order valence-electron chi connectivity index (χ1n) is 13.1. The number of amides is 1. The van der Waals surface area contributed by atoms with Gasteiger partial charge >= 0.3 is 0 Å². The van der Waals surface area contributed by atoms with Crippen molar-refractivity contribution in [3.05, 3.63) is 107 Å². The van der Waals surface area contributed by atoms with Gasteiger partial charge in [-0.1, -0.05) is 68.4 Å². The van der Waals surface area contributed by atoms with Crippen molar-refractivity contribution in [2.75, 3.05) is 26.2 Å². The lowest BCUT2D eigenvalue weighted by molar-refractivity contribution is 0.0628. The summed E-state index contributed by atoms with van der Waals surface area (Å²) in [5.41, 5.74) is 4.44. The Morgan fingerprint density at radius 3 is 2.32 bits per heavy atom. The number of pyridine rings is 1. The van der Waals surface area contributed by atoms with E-state index in [-0.39, 0.29) is 16.6 Å². The predicted octanol–water partition coefficient (Wildman–Crippen LogP) is 5.29. The van der Waals surface area contributed by atoms with Gasteiger partial charge in [-0.2, -0.15) is 0 Å². The molecule has 5 rings (SSSR count). The number of aromatic nitrogens is 1. The number of sulfone groups is 1. The second kappa shape index (κ2) is 11.1. The van der Waals surface area contributed by atoms with Crippen LogP contribution in [0.2, 0.25) is 0 Å². The van der Waals surface area contributed by atoms with Crippen molar-refractivity contribution in [2.24, 2.45) is 0 Å². The van der Waals surface area contributed by atoms with Crippen molar-refractivity contribution in [1.29, 1.82) is 0 Å².